The van der Waals surface area contributed by atoms with Crippen LogP contribution in [0.15, 0.2) is 35.7 Å². The lowest BCUT2D eigenvalue weighted by Crippen LogP contribution is -2.28. The Hall–Kier alpha value is -1.65. The van der Waals surface area contributed by atoms with Gasteiger partial charge in [0, 0.05) is 6.54 Å². The Labute approximate surface area is 129 Å². The lowest BCUT2D eigenvalue weighted by molar-refractivity contribution is 0.0920. The molecule has 0 fully saturated rings. The fourth-order valence-corrected chi connectivity index (χ4v) is 2.94. The number of aliphatic hydroxyl groups is 1. The monoisotopic (exact) mass is 303 g/mol. The van der Waals surface area contributed by atoms with E-state index >= 15 is 0 Å². The van der Waals surface area contributed by atoms with Gasteiger partial charge in [0.05, 0.1) is 11.0 Å². The number of hydrogen-bond donors (Lipinski definition) is 2. The maximum Gasteiger partial charge on any atom is 0.261 e. The molecule has 0 saturated carbocycles. The summed E-state index contributed by atoms with van der Waals surface area (Å²) in [4.78, 5) is 12.7. The number of rotatable bonds is 5. The Morgan fingerprint density at radius 3 is 2.33 bits per heavy atom. The van der Waals surface area contributed by atoms with Crippen LogP contribution in [0.3, 0.4) is 0 Å². The molecule has 0 bridgehead atoms. The molecular weight excluding hydrogens is 282 g/mol. The van der Waals surface area contributed by atoms with Crippen LogP contribution in [-0.2, 0) is 0 Å². The van der Waals surface area contributed by atoms with Gasteiger partial charge in [0.1, 0.15) is 0 Å². The van der Waals surface area contributed by atoms with Gasteiger partial charge in [-0.2, -0.15) is 0 Å². The second kappa shape index (κ2) is 6.87. The van der Waals surface area contributed by atoms with Crippen molar-refractivity contribution in [3.05, 3.63) is 57.3 Å². The first-order chi connectivity index (χ1) is 9.99. The maximum absolute atomic E-state index is 12.0. The number of aliphatic hydroxyl groups excluding tert-OH is 1. The van der Waals surface area contributed by atoms with Crippen LogP contribution in [-0.4, -0.2) is 17.6 Å². The van der Waals surface area contributed by atoms with Gasteiger partial charge < -0.3 is 10.4 Å². The Morgan fingerprint density at radius 1 is 1.19 bits per heavy atom. The highest BCUT2D eigenvalue weighted by atomic mass is 32.1. The lowest BCUT2D eigenvalue weighted by Gasteiger charge is -2.13. The molecule has 1 unspecified atom stereocenters. The van der Waals surface area contributed by atoms with Crippen molar-refractivity contribution in [3.8, 4) is 0 Å². The Kier molecular flexibility index (Phi) is 5.15. The van der Waals surface area contributed by atoms with Crippen LogP contribution in [0.5, 0.6) is 0 Å². The van der Waals surface area contributed by atoms with Crippen LogP contribution >= 0.6 is 11.3 Å². The van der Waals surface area contributed by atoms with Crippen molar-refractivity contribution in [2.45, 2.75) is 32.8 Å². The van der Waals surface area contributed by atoms with Crippen molar-refractivity contribution in [2.24, 2.45) is 0 Å². The van der Waals surface area contributed by atoms with Gasteiger partial charge in [-0.1, -0.05) is 38.1 Å². The molecule has 0 saturated heterocycles. The van der Waals surface area contributed by atoms with E-state index in [2.05, 4.69) is 19.2 Å². The molecule has 0 radical (unpaired) electrons. The number of aryl methyl sites for hydroxylation is 1. The van der Waals surface area contributed by atoms with E-state index < -0.39 is 6.10 Å². The fourth-order valence-electron chi connectivity index (χ4n) is 2.10. The molecule has 0 spiro atoms. The highest BCUT2D eigenvalue weighted by Gasteiger charge is 2.13. The van der Waals surface area contributed by atoms with Crippen molar-refractivity contribution in [2.75, 3.05) is 6.54 Å². The summed E-state index contributed by atoms with van der Waals surface area (Å²) >= 11 is 1.42. The smallest absolute Gasteiger partial charge is 0.261 e. The van der Waals surface area contributed by atoms with Gasteiger partial charge in [-0.25, -0.2) is 0 Å². The highest BCUT2D eigenvalue weighted by molar-refractivity contribution is 7.12. The summed E-state index contributed by atoms with van der Waals surface area (Å²) in [6, 6.07) is 9.80. The van der Waals surface area contributed by atoms with E-state index in [0.717, 1.165) is 11.1 Å². The minimum Gasteiger partial charge on any atom is -0.387 e. The molecule has 112 valence electrons. The third-order valence-electron chi connectivity index (χ3n) is 3.51. The number of carbonyl (C=O) groups excluding carboxylic acids is 1. The van der Waals surface area contributed by atoms with Gasteiger partial charge in [0.25, 0.3) is 5.91 Å². The second-order valence-corrected chi connectivity index (χ2v) is 6.40. The normalized spacial score (nSPS) is 12.4. The van der Waals surface area contributed by atoms with E-state index in [1.165, 1.54) is 16.9 Å². The van der Waals surface area contributed by atoms with Gasteiger partial charge in [0.15, 0.2) is 0 Å². The van der Waals surface area contributed by atoms with Gasteiger partial charge in [-0.05, 0) is 41.0 Å². The second-order valence-electron chi connectivity index (χ2n) is 5.48. The molecule has 1 heterocycles. The van der Waals surface area contributed by atoms with E-state index in [-0.39, 0.29) is 12.5 Å². The number of carbonyl (C=O) groups is 1. The summed E-state index contributed by atoms with van der Waals surface area (Å²) < 4.78 is 0. The van der Waals surface area contributed by atoms with Crippen molar-refractivity contribution in [1.29, 1.82) is 0 Å². The average Bonchev–Trinajstić information content (AvgIpc) is 2.90. The molecule has 0 aliphatic rings. The fraction of sp³-hybridized carbons (Fsp3) is 0.353. The molecule has 2 N–H and O–H groups in total. The minimum absolute atomic E-state index is 0.125. The molecule has 1 amide bonds. The number of hydrogen-bond acceptors (Lipinski definition) is 3. The van der Waals surface area contributed by atoms with E-state index in [0.29, 0.717) is 10.8 Å². The molecule has 2 aromatic rings. The van der Waals surface area contributed by atoms with E-state index in [1.54, 1.807) is 0 Å². The van der Waals surface area contributed by atoms with Crippen LogP contribution in [0.4, 0.5) is 0 Å². The maximum atomic E-state index is 12.0. The average molecular weight is 303 g/mol. The summed E-state index contributed by atoms with van der Waals surface area (Å²) in [5, 5.41) is 14.8. The van der Waals surface area contributed by atoms with E-state index in [9.17, 15) is 9.90 Å². The molecule has 0 aliphatic carbocycles. The topological polar surface area (TPSA) is 49.3 Å². The third kappa shape index (κ3) is 3.93. The quantitative estimate of drug-likeness (QED) is 0.886. The zero-order valence-electron chi connectivity index (χ0n) is 12.6. The van der Waals surface area contributed by atoms with Gasteiger partial charge in [-0.15, -0.1) is 11.3 Å². The van der Waals surface area contributed by atoms with Crippen LogP contribution in [0.2, 0.25) is 0 Å². The van der Waals surface area contributed by atoms with Crippen LogP contribution < -0.4 is 5.32 Å². The largest absolute Gasteiger partial charge is 0.387 e. The summed E-state index contributed by atoms with van der Waals surface area (Å²) in [6.45, 7) is 6.40. The van der Waals surface area contributed by atoms with E-state index in [4.69, 9.17) is 0 Å². The number of thiophene rings is 1. The van der Waals surface area contributed by atoms with Gasteiger partial charge >= 0.3 is 0 Å². The predicted molar refractivity (Wildman–Crippen MR) is 86.9 cm³/mol. The summed E-state index contributed by atoms with van der Waals surface area (Å²) in [7, 11) is 0. The molecule has 4 heteroatoms. The molecule has 1 aromatic heterocycles. The lowest BCUT2D eigenvalue weighted by atomic mass is 10.00. The van der Waals surface area contributed by atoms with Crippen molar-refractivity contribution in [1.82, 2.24) is 5.32 Å². The number of amides is 1. The van der Waals surface area contributed by atoms with E-state index in [1.807, 2.05) is 42.6 Å². The molecule has 1 atom stereocenters. The molecule has 1 aromatic carbocycles. The predicted octanol–water partition coefficient (Wildman–Crippen LogP) is 3.64. The first-order valence-corrected chi connectivity index (χ1v) is 7.97. The van der Waals surface area contributed by atoms with Crippen molar-refractivity contribution < 1.29 is 9.90 Å². The SMILES string of the molecule is Cc1ccsc1C(=O)NCC(O)c1ccc(C(C)C)cc1. The minimum atomic E-state index is -0.685. The first kappa shape index (κ1) is 15.7. The molecule has 21 heavy (non-hydrogen) atoms. The number of benzene rings is 1. The molecule has 2 rings (SSSR count). The zero-order valence-corrected chi connectivity index (χ0v) is 13.4. The summed E-state index contributed by atoms with van der Waals surface area (Å²) in [5.41, 5.74) is 3.03. The van der Waals surface area contributed by atoms with Gasteiger partial charge in [-0.3, -0.25) is 4.79 Å². The molecule has 0 aliphatic heterocycles. The van der Waals surface area contributed by atoms with Crippen molar-refractivity contribution in [3.63, 3.8) is 0 Å². The standard InChI is InChI=1S/C17H21NO2S/c1-11(2)13-4-6-14(7-5-13)15(19)10-18-17(20)16-12(3)8-9-21-16/h4-9,11,15,19H,10H2,1-3H3,(H,18,20). The third-order valence-corrected chi connectivity index (χ3v) is 4.53. The molecular formula is C17H21NO2S. The van der Waals surface area contributed by atoms with Crippen LogP contribution in [0.25, 0.3) is 0 Å². The zero-order chi connectivity index (χ0) is 15.4. The molecule has 3 nitrogen and oxygen atoms in total. The highest BCUT2D eigenvalue weighted by Crippen LogP contribution is 2.19. The van der Waals surface area contributed by atoms with Crippen LogP contribution in [0.1, 0.15) is 52.2 Å². The van der Waals surface area contributed by atoms with Crippen molar-refractivity contribution >= 4 is 17.2 Å². The Morgan fingerprint density at radius 2 is 1.81 bits per heavy atom. The summed E-state index contributed by atoms with van der Waals surface area (Å²) in [5.74, 6) is 0.345. The van der Waals surface area contributed by atoms with Gasteiger partial charge in [0.2, 0.25) is 0 Å². The summed E-state index contributed by atoms with van der Waals surface area (Å²) in [6.07, 6.45) is -0.685. The first-order valence-electron chi connectivity index (χ1n) is 7.09. The van der Waals surface area contributed by atoms with Crippen LogP contribution in [0, 0.1) is 6.92 Å². The Bertz CT molecular complexity index is 602. The Balaban J connectivity index is 1.94. The number of nitrogens with one attached hydrogen (secondary N) is 1.